The van der Waals surface area contributed by atoms with Crippen LogP contribution in [-0.4, -0.2) is 103 Å². The lowest BCUT2D eigenvalue weighted by molar-refractivity contribution is -0.142. The Hall–Kier alpha value is -13.1. The highest BCUT2D eigenvalue weighted by atomic mass is 32.2. The molecule has 24 nitrogen and oxygen atoms in total. The van der Waals surface area contributed by atoms with E-state index in [4.69, 9.17) is 4.74 Å². The van der Waals surface area contributed by atoms with Gasteiger partial charge in [-0.3, -0.25) is 24.4 Å². The van der Waals surface area contributed by atoms with Crippen LogP contribution in [0.5, 0.6) is 5.75 Å². The number of para-hydroxylation sites is 2. The van der Waals surface area contributed by atoms with Crippen LogP contribution in [0.2, 0.25) is 0 Å². The Balaban J connectivity index is 0.000000131. The van der Waals surface area contributed by atoms with Gasteiger partial charge in [-0.1, -0.05) is 128 Å². The molecule has 660 valence electrons. The van der Waals surface area contributed by atoms with Gasteiger partial charge in [-0.15, -0.1) is 0 Å². The monoisotopic (exact) mass is 1810 g/mol. The van der Waals surface area contributed by atoms with Gasteiger partial charge in [0.1, 0.15) is 29.3 Å². The molecule has 0 unspecified atom stereocenters. The third-order valence-electron chi connectivity index (χ3n) is 21.9. The average molecular weight is 1820 g/mol. The van der Waals surface area contributed by atoms with Crippen LogP contribution in [0.4, 0.5) is 38.0 Å². The zero-order chi connectivity index (χ0) is 91.6. The van der Waals surface area contributed by atoms with Crippen LogP contribution >= 0.6 is 0 Å². The number of nitrogens with zero attached hydrogens (tertiary/aromatic N) is 13. The third kappa shape index (κ3) is 19.3. The van der Waals surface area contributed by atoms with Crippen LogP contribution in [0.15, 0.2) is 269 Å². The summed E-state index contributed by atoms with van der Waals surface area (Å²) in [6.45, 7) is 24.1. The summed E-state index contributed by atoms with van der Waals surface area (Å²) in [6, 6.07) is 62.4. The number of aryl methyl sites for hydroxylation is 3. The number of ether oxygens (including phenoxy) is 1. The number of benzene rings is 8. The minimum Gasteiger partial charge on any atom is -0.487 e. The van der Waals surface area contributed by atoms with E-state index in [0.29, 0.717) is 51.3 Å². The summed E-state index contributed by atoms with van der Waals surface area (Å²) >= 11 is 0. The van der Waals surface area contributed by atoms with Crippen LogP contribution in [0.25, 0.3) is 66.5 Å². The van der Waals surface area contributed by atoms with E-state index in [0.717, 1.165) is 95.5 Å². The number of halogens is 6. The van der Waals surface area contributed by atoms with Crippen LogP contribution in [-0.2, 0) is 92.7 Å². The Kier molecular flexibility index (Phi) is 23.8. The molecule has 0 amide bonds. The predicted molar refractivity (Wildman–Crippen MR) is 479 cm³/mol. The number of nitrogens with one attached hydrogen (secondary N) is 2. The average Bonchev–Trinajstić information content (AvgIpc) is 1.61. The van der Waals surface area contributed by atoms with Gasteiger partial charge in [-0.05, 0) is 224 Å². The molecule has 0 saturated heterocycles. The number of anilines is 2. The molecule has 0 bridgehead atoms. The van der Waals surface area contributed by atoms with Crippen LogP contribution in [0, 0.1) is 13.8 Å². The Bertz CT molecular complexity index is 7210. The van der Waals surface area contributed by atoms with Gasteiger partial charge in [0.25, 0.3) is 20.0 Å². The maximum absolute atomic E-state index is 13.5. The highest BCUT2D eigenvalue weighted by Gasteiger charge is 2.40. The molecule has 0 fully saturated rings. The first kappa shape index (κ1) is 89.8. The van der Waals surface area contributed by atoms with Gasteiger partial charge in [0.05, 0.1) is 93.0 Å². The first-order chi connectivity index (χ1) is 60.2. The number of hydrogen-bond acceptors (Lipinski definition) is 18. The van der Waals surface area contributed by atoms with Gasteiger partial charge in [0.2, 0.25) is 0 Å². The molecule has 2 N–H and O–H groups in total. The van der Waals surface area contributed by atoms with E-state index in [9.17, 15) is 60.0 Å². The van der Waals surface area contributed by atoms with E-state index < -0.39 is 75.0 Å². The molecule has 34 heteroatoms. The summed E-state index contributed by atoms with van der Waals surface area (Å²) in [5, 5.41) is 19.4. The number of hydrogen-bond donors (Lipinski definition) is 2. The fourth-order valence-corrected chi connectivity index (χ4v) is 20.2. The molecular weight excluding hydrogens is 1730 g/mol. The van der Waals surface area contributed by atoms with Gasteiger partial charge < -0.3 is 4.74 Å². The molecule has 0 spiro atoms. The van der Waals surface area contributed by atoms with E-state index in [1.54, 1.807) is 137 Å². The smallest absolute Gasteiger partial charge is 0.435 e. The number of pyridine rings is 3. The van der Waals surface area contributed by atoms with Gasteiger partial charge >= 0.3 is 12.4 Å². The molecule has 8 aromatic heterocycles. The Morgan fingerprint density at radius 3 is 1.39 bits per heavy atom. The van der Waals surface area contributed by atoms with Crippen molar-refractivity contribution in [2.75, 3.05) is 9.44 Å². The van der Waals surface area contributed by atoms with E-state index in [1.807, 2.05) is 142 Å². The van der Waals surface area contributed by atoms with Crippen molar-refractivity contribution < 1.29 is 64.8 Å². The van der Waals surface area contributed by atoms with Crippen molar-refractivity contribution in [3.63, 3.8) is 0 Å². The predicted octanol–water partition coefficient (Wildman–Crippen LogP) is 19.8. The molecule has 1 aliphatic carbocycles. The SMILES string of the molecule is CC(C)(C)c1ccc(S(=O)(=O)Cc2cc(C(F)(F)F)nn2-c2cccc3cccnc23)cc1.CC(C)(C)c1ccc(S(=O)(=O)Cc2cc(C(F)(F)F)nn2-c2ncnc3ccccc23)cc1.Cc1cc(NS(=O)(=O)c2ccc3c(c2)CC(C)(C)O3)n(-c2cccc3ncccc23)n1.Cc1cc(NS(=O)(=O)c2ccc3c(c2)CCC3(C)C)n(-c2cccc3ncccc23)n1. The lowest BCUT2D eigenvalue weighted by Gasteiger charge is -2.19. The molecule has 16 aromatic rings. The summed E-state index contributed by atoms with van der Waals surface area (Å²) in [6.07, 6.45) is -0.708. The second-order valence-corrected chi connectivity index (χ2v) is 41.9. The number of sulfone groups is 2. The van der Waals surface area contributed by atoms with Gasteiger partial charge in [-0.2, -0.15) is 46.7 Å². The quantitative estimate of drug-likeness (QED) is 0.0849. The summed E-state index contributed by atoms with van der Waals surface area (Å²) in [5.41, 5.74) is 7.70. The maximum Gasteiger partial charge on any atom is 0.435 e. The number of sulfonamides is 2. The molecule has 0 radical (unpaired) electrons. The zero-order valence-electron chi connectivity index (χ0n) is 71.6. The number of alkyl halides is 6. The number of fused-ring (bicyclic) bond motifs is 6. The van der Waals surface area contributed by atoms with Crippen LogP contribution < -0.4 is 14.2 Å². The molecule has 128 heavy (non-hydrogen) atoms. The zero-order valence-corrected chi connectivity index (χ0v) is 74.9. The highest BCUT2D eigenvalue weighted by Crippen LogP contribution is 2.42. The molecule has 1 aliphatic heterocycles. The Morgan fingerprint density at radius 1 is 0.422 bits per heavy atom. The molecular formula is C94H89F6N15O9S4. The molecule has 0 atom stereocenters. The lowest BCUT2D eigenvalue weighted by Crippen LogP contribution is -2.24. The molecule has 8 aromatic carbocycles. The first-order valence-corrected chi connectivity index (χ1v) is 46.8. The summed E-state index contributed by atoms with van der Waals surface area (Å²) < 4.78 is 203. The Morgan fingerprint density at radius 2 is 0.859 bits per heavy atom. The minimum atomic E-state index is -4.75. The van der Waals surface area contributed by atoms with Crippen molar-refractivity contribution in [2.45, 2.75) is 168 Å². The second kappa shape index (κ2) is 33.9. The van der Waals surface area contributed by atoms with Gasteiger partial charge in [-0.25, -0.2) is 62.4 Å². The largest absolute Gasteiger partial charge is 0.487 e. The van der Waals surface area contributed by atoms with Crippen molar-refractivity contribution in [3.05, 3.63) is 311 Å². The molecule has 18 rings (SSSR count). The van der Waals surface area contributed by atoms with Crippen LogP contribution in [0.1, 0.15) is 138 Å². The molecule has 9 heterocycles. The normalized spacial score (nSPS) is 14.0. The van der Waals surface area contributed by atoms with E-state index in [-0.39, 0.29) is 64.3 Å². The van der Waals surface area contributed by atoms with Crippen molar-refractivity contribution in [2.24, 2.45) is 0 Å². The molecule has 0 saturated carbocycles. The molecule has 2 aliphatic rings. The fraction of sp³-hybridized carbons (Fsp3) is 0.245. The van der Waals surface area contributed by atoms with Crippen LogP contribution in [0.3, 0.4) is 0 Å². The summed E-state index contributed by atoms with van der Waals surface area (Å²) in [7, 11) is -15.5. The first-order valence-electron chi connectivity index (χ1n) is 40.5. The number of aromatic nitrogens is 13. The fourth-order valence-electron chi connectivity index (χ4n) is 15.4. The van der Waals surface area contributed by atoms with Crippen molar-refractivity contribution in [1.29, 1.82) is 0 Å². The van der Waals surface area contributed by atoms with Gasteiger partial charge in [0, 0.05) is 58.7 Å². The Labute approximate surface area is 736 Å². The van der Waals surface area contributed by atoms with E-state index in [2.05, 4.69) is 68.6 Å². The highest BCUT2D eigenvalue weighted by molar-refractivity contribution is 7.93. The topological polar surface area (TPSA) is 306 Å². The van der Waals surface area contributed by atoms with Crippen molar-refractivity contribution in [1.82, 2.24) is 64.0 Å². The summed E-state index contributed by atoms with van der Waals surface area (Å²) in [4.78, 5) is 21.8. The van der Waals surface area contributed by atoms with E-state index >= 15 is 0 Å². The standard InChI is InChI=1S/C24H22F3N3O2S.C24H24N4O2S.C23H21F3N4O2S.C23H22N4O3S/c1-23(2,3)17-9-11-19(12-10-17)33(31,32)15-18-14-21(24(25,26)27)29-30(18)20-8-4-6-16-7-5-13-28-22(16)20;1-16-14-23(28(26-16)22-8-4-7-21-19(22)6-5-13-25-21)27-31(29,30)18-9-10-20-17(15-18)11-12-24(20,2)3;1-22(2,3)15-8-10-17(11-9-15)33(31,32)13-16-12-20(23(24,25)26)29-30(16)21-18-6-4-5-7-19(18)27-14-28-21;1-15-12-22(27(25-15)20-8-4-7-19-18(20)6-5-11-24-19)26-31(28,29)17-9-10-21-16(13-17)14-23(2,3)30-21/h4-14H,15H2,1-3H3;4-10,13-15,27H,11-12H2,1-3H3;4-12,14H,13H2,1-3H3;4-13,26H,14H2,1-3H3. The van der Waals surface area contributed by atoms with Crippen molar-refractivity contribution in [3.8, 4) is 28.6 Å². The van der Waals surface area contributed by atoms with Crippen molar-refractivity contribution >= 4 is 95.0 Å². The lowest BCUT2D eigenvalue weighted by atomic mass is 9.87. The second-order valence-electron chi connectivity index (χ2n) is 34.6. The minimum absolute atomic E-state index is 0.0179. The maximum atomic E-state index is 13.5. The number of rotatable bonds is 16. The van der Waals surface area contributed by atoms with E-state index in [1.165, 1.54) is 42.4 Å². The third-order valence-corrected chi connectivity index (χ3v) is 27.9. The summed E-state index contributed by atoms with van der Waals surface area (Å²) in [5.74, 6) is 0.246. The van der Waals surface area contributed by atoms with Gasteiger partial charge in [0.15, 0.2) is 36.9 Å².